The van der Waals surface area contributed by atoms with Gasteiger partial charge in [-0.25, -0.2) is 21.9 Å². The van der Waals surface area contributed by atoms with Gasteiger partial charge in [0, 0.05) is 16.6 Å². The van der Waals surface area contributed by atoms with Gasteiger partial charge in [0.2, 0.25) is 10.0 Å². The number of hydrogen-bond acceptors (Lipinski definition) is 2. The second-order valence-electron chi connectivity index (χ2n) is 5.55. The first kappa shape index (κ1) is 18.5. The number of rotatable bonds is 7. The fraction of sp³-hybridized carbons (Fsp3) is 0.571. The van der Waals surface area contributed by atoms with Crippen LogP contribution < -0.4 is 4.72 Å². The second kappa shape index (κ2) is 7.65. The van der Waals surface area contributed by atoms with Gasteiger partial charge in [-0.15, -0.1) is 0 Å². The summed E-state index contributed by atoms with van der Waals surface area (Å²) >= 11 is 2.90. The summed E-state index contributed by atoms with van der Waals surface area (Å²) in [4.78, 5) is -0.556. The summed E-state index contributed by atoms with van der Waals surface area (Å²) in [6.07, 6.45) is 2.55. The SMILES string of the molecule is CC(C)CCCC(C)NS(=O)(=O)c1c(F)cc(F)cc1Br. The van der Waals surface area contributed by atoms with Crippen molar-refractivity contribution in [2.75, 3.05) is 0 Å². The zero-order valence-electron chi connectivity index (χ0n) is 12.3. The van der Waals surface area contributed by atoms with Gasteiger partial charge in [-0.3, -0.25) is 0 Å². The number of hydrogen-bond donors (Lipinski definition) is 1. The van der Waals surface area contributed by atoms with Gasteiger partial charge < -0.3 is 0 Å². The highest BCUT2D eigenvalue weighted by Crippen LogP contribution is 2.26. The molecule has 0 bridgehead atoms. The molecule has 1 N–H and O–H groups in total. The quantitative estimate of drug-likeness (QED) is 0.765. The summed E-state index contributed by atoms with van der Waals surface area (Å²) in [5.41, 5.74) is 0. The van der Waals surface area contributed by atoms with Crippen molar-refractivity contribution in [3.05, 3.63) is 28.2 Å². The average Bonchev–Trinajstić information content (AvgIpc) is 2.24. The zero-order chi connectivity index (χ0) is 16.2. The standard InChI is InChI=1S/C14H20BrF2NO2S/c1-9(2)5-4-6-10(3)18-21(19,20)14-12(15)7-11(16)8-13(14)17/h7-10,18H,4-6H2,1-3H3. The predicted octanol–water partition coefficient (Wildman–Crippen LogP) is 4.22. The Morgan fingerprint density at radius 3 is 2.33 bits per heavy atom. The third kappa shape index (κ3) is 5.64. The molecule has 1 rings (SSSR count). The van der Waals surface area contributed by atoms with Crippen molar-refractivity contribution in [1.82, 2.24) is 4.72 Å². The Balaban J connectivity index is 2.83. The van der Waals surface area contributed by atoms with E-state index in [4.69, 9.17) is 0 Å². The molecule has 120 valence electrons. The molecule has 0 spiro atoms. The Bertz CT molecular complexity index is 568. The second-order valence-corrected chi connectivity index (χ2v) is 8.05. The molecule has 1 unspecified atom stereocenters. The smallest absolute Gasteiger partial charge is 0.208 e. The summed E-state index contributed by atoms with van der Waals surface area (Å²) in [5.74, 6) is -1.38. The van der Waals surface area contributed by atoms with Crippen LogP contribution in [-0.4, -0.2) is 14.5 Å². The minimum Gasteiger partial charge on any atom is -0.208 e. The van der Waals surface area contributed by atoms with E-state index in [0.29, 0.717) is 18.4 Å². The van der Waals surface area contributed by atoms with Gasteiger partial charge in [0.05, 0.1) is 0 Å². The van der Waals surface area contributed by atoms with E-state index in [1.807, 2.05) is 0 Å². The lowest BCUT2D eigenvalue weighted by Gasteiger charge is -2.16. The lowest BCUT2D eigenvalue weighted by atomic mass is 10.0. The molecule has 1 aromatic carbocycles. The minimum atomic E-state index is -4.03. The normalized spacial score (nSPS) is 13.7. The first-order valence-electron chi connectivity index (χ1n) is 6.80. The topological polar surface area (TPSA) is 46.2 Å². The van der Waals surface area contributed by atoms with E-state index in [2.05, 4.69) is 34.5 Å². The molecular weight excluding hydrogens is 364 g/mol. The number of nitrogens with one attached hydrogen (secondary N) is 1. The van der Waals surface area contributed by atoms with E-state index in [1.165, 1.54) is 0 Å². The van der Waals surface area contributed by atoms with Crippen molar-refractivity contribution in [3.63, 3.8) is 0 Å². The van der Waals surface area contributed by atoms with Crippen LogP contribution in [0, 0.1) is 17.6 Å². The summed E-state index contributed by atoms with van der Waals surface area (Å²) < 4.78 is 53.4. The Hall–Kier alpha value is -0.530. The fourth-order valence-electron chi connectivity index (χ4n) is 2.00. The predicted molar refractivity (Wildman–Crippen MR) is 82.5 cm³/mol. The molecule has 3 nitrogen and oxygen atoms in total. The lowest BCUT2D eigenvalue weighted by molar-refractivity contribution is 0.485. The van der Waals surface area contributed by atoms with Crippen LogP contribution in [0.15, 0.2) is 21.5 Å². The van der Waals surface area contributed by atoms with Crippen molar-refractivity contribution >= 4 is 26.0 Å². The summed E-state index contributed by atoms with van der Waals surface area (Å²) in [6, 6.07) is 1.18. The Labute approximate surface area is 133 Å². The van der Waals surface area contributed by atoms with Crippen LogP contribution in [0.2, 0.25) is 0 Å². The summed E-state index contributed by atoms with van der Waals surface area (Å²) in [5, 5.41) is 0. The summed E-state index contributed by atoms with van der Waals surface area (Å²) in [7, 11) is -4.03. The molecule has 0 aliphatic heterocycles. The van der Waals surface area contributed by atoms with Crippen molar-refractivity contribution in [2.24, 2.45) is 5.92 Å². The molecular formula is C14H20BrF2NO2S. The maximum absolute atomic E-state index is 13.7. The number of sulfonamides is 1. The summed E-state index contributed by atoms with van der Waals surface area (Å²) in [6.45, 7) is 5.92. The molecule has 0 amide bonds. The van der Waals surface area contributed by atoms with Gasteiger partial charge in [0.15, 0.2) is 0 Å². The van der Waals surface area contributed by atoms with Gasteiger partial charge >= 0.3 is 0 Å². The molecule has 7 heteroatoms. The Morgan fingerprint density at radius 2 is 1.81 bits per heavy atom. The number of halogens is 3. The monoisotopic (exact) mass is 383 g/mol. The highest BCUT2D eigenvalue weighted by molar-refractivity contribution is 9.10. The van der Waals surface area contributed by atoms with Gasteiger partial charge in [-0.1, -0.05) is 26.7 Å². The Morgan fingerprint density at radius 1 is 1.19 bits per heavy atom. The molecule has 0 aliphatic rings. The van der Waals surface area contributed by atoms with Crippen LogP contribution in [-0.2, 0) is 10.0 Å². The van der Waals surface area contributed by atoms with E-state index < -0.39 is 26.6 Å². The highest BCUT2D eigenvalue weighted by Gasteiger charge is 2.25. The van der Waals surface area contributed by atoms with Gasteiger partial charge in [0.1, 0.15) is 16.5 Å². The molecule has 0 aromatic heterocycles. The van der Waals surface area contributed by atoms with Gasteiger partial charge in [0.25, 0.3) is 0 Å². The van der Waals surface area contributed by atoms with E-state index in [0.717, 1.165) is 18.9 Å². The minimum absolute atomic E-state index is 0.123. The fourth-order valence-corrected chi connectivity index (χ4v) is 4.44. The first-order valence-corrected chi connectivity index (χ1v) is 9.08. The van der Waals surface area contributed by atoms with Gasteiger partial charge in [-0.2, -0.15) is 0 Å². The van der Waals surface area contributed by atoms with Crippen molar-refractivity contribution in [3.8, 4) is 0 Å². The molecule has 0 saturated heterocycles. The van der Waals surface area contributed by atoms with Crippen molar-refractivity contribution < 1.29 is 17.2 Å². The van der Waals surface area contributed by atoms with Crippen molar-refractivity contribution in [2.45, 2.75) is 51.0 Å². The molecule has 0 radical (unpaired) electrons. The molecule has 21 heavy (non-hydrogen) atoms. The molecule has 0 aliphatic carbocycles. The third-order valence-electron chi connectivity index (χ3n) is 3.01. The van der Waals surface area contributed by atoms with E-state index >= 15 is 0 Å². The largest absolute Gasteiger partial charge is 0.244 e. The van der Waals surface area contributed by atoms with Gasteiger partial charge in [-0.05, 0) is 41.3 Å². The van der Waals surface area contributed by atoms with Crippen LogP contribution in [0.1, 0.15) is 40.0 Å². The molecule has 1 aromatic rings. The average molecular weight is 384 g/mol. The molecule has 1 atom stereocenters. The highest BCUT2D eigenvalue weighted by atomic mass is 79.9. The molecule has 0 fully saturated rings. The van der Waals surface area contributed by atoms with Crippen LogP contribution in [0.25, 0.3) is 0 Å². The van der Waals surface area contributed by atoms with Crippen molar-refractivity contribution in [1.29, 1.82) is 0 Å². The zero-order valence-corrected chi connectivity index (χ0v) is 14.7. The van der Waals surface area contributed by atoms with E-state index in [9.17, 15) is 17.2 Å². The van der Waals surface area contributed by atoms with Crippen LogP contribution >= 0.6 is 15.9 Å². The van der Waals surface area contributed by atoms with Crippen LogP contribution in [0.3, 0.4) is 0 Å². The maximum atomic E-state index is 13.7. The molecule has 0 saturated carbocycles. The maximum Gasteiger partial charge on any atom is 0.244 e. The first-order chi connectivity index (χ1) is 9.63. The van der Waals surface area contributed by atoms with Crippen LogP contribution in [0.4, 0.5) is 8.78 Å². The third-order valence-corrected chi connectivity index (χ3v) is 5.56. The van der Waals surface area contributed by atoms with E-state index in [1.54, 1.807) is 6.92 Å². The van der Waals surface area contributed by atoms with E-state index in [-0.39, 0.29) is 10.5 Å². The molecule has 0 heterocycles. The van der Waals surface area contributed by atoms with Crippen LogP contribution in [0.5, 0.6) is 0 Å². The lowest BCUT2D eigenvalue weighted by Crippen LogP contribution is -2.33. The Kier molecular flexibility index (Phi) is 6.74. The number of benzene rings is 1.